The number of ether oxygens (including phenoxy) is 1. The molecule has 0 bridgehead atoms. The van der Waals surface area contributed by atoms with E-state index in [1.807, 2.05) is 6.92 Å². The molecule has 2 atom stereocenters. The summed E-state index contributed by atoms with van der Waals surface area (Å²) in [4.78, 5) is 16.1. The van der Waals surface area contributed by atoms with Gasteiger partial charge in [0.15, 0.2) is 0 Å². The van der Waals surface area contributed by atoms with Crippen LogP contribution in [0.5, 0.6) is 0 Å². The van der Waals surface area contributed by atoms with E-state index in [9.17, 15) is 9.90 Å². The van der Waals surface area contributed by atoms with Gasteiger partial charge in [0.05, 0.1) is 12.7 Å². The van der Waals surface area contributed by atoms with Crippen LogP contribution in [0.2, 0.25) is 0 Å². The van der Waals surface area contributed by atoms with Gasteiger partial charge in [0.25, 0.3) is 0 Å². The number of aliphatic carboxylic acids is 1. The second-order valence-electron chi connectivity index (χ2n) is 5.63. The van der Waals surface area contributed by atoms with E-state index in [4.69, 9.17) is 4.74 Å². The van der Waals surface area contributed by atoms with Gasteiger partial charge in [0, 0.05) is 19.6 Å². The third-order valence-corrected chi connectivity index (χ3v) is 4.70. The average Bonchev–Trinajstić information content (AvgIpc) is 2.83. The van der Waals surface area contributed by atoms with Gasteiger partial charge < -0.3 is 9.84 Å². The highest BCUT2D eigenvalue weighted by Gasteiger charge is 2.46. The van der Waals surface area contributed by atoms with Crippen LogP contribution in [-0.4, -0.2) is 71.8 Å². The van der Waals surface area contributed by atoms with Crippen LogP contribution in [0, 0.1) is 0 Å². The highest BCUT2D eigenvalue weighted by Crippen LogP contribution is 2.33. The van der Waals surface area contributed by atoms with Crippen molar-refractivity contribution in [1.29, 1.82) is 0 Å². The zero-order valence-corrected chi connectivity index (χ0v) is 12.1. The average molecular weight is 270 g/mol. The molecular formula is C14H26N2O3. The van der Waals surface area contributed by atoms with Crippen molar-refractivity contribution in [2.24, 2.45) is 0 Å². The number of hydrogen-bond acceptors (Lipinski definition) is 4. The highest BCUT2D eigenvalue weighted by molar-refractivity contribution is 5.79. The summed E-state index contributed by atoms with van der Waals surface area (Å²) in [5.74, 6) is -0.671. The molecule has 0 aromatic carbocycles. The summed E-state index contributed by atoms with van der Waals surface area (Å²) >= 11 is 0. The molecule has 2 aliphatic heterocycles. The van der Waals surface area contributed by atoms with Crippen molar-refractivity contribution in [1.82, 2.24) is 9.80 Å². The Hall–Kier alpha value is -0.650. The number of morpholine rings is 1. The van der Waals surface area contributed by atoms with Crippen molar-refractivity contribution in [3.05, 3.63) is 0 Å². The summed E-state index contributed by atoms with van der Waals surface area (Å²) in [6.07, 6.45) is 2.57. The van der Waals surface area contributed by atoms with Crippen molar-refractivity contribution in [3.8, 4) is 0 Å². The number of rotatable bonds is 5. The Morgan fingerprint density at radius 3 is 2.84 bits per heavy atom. The maximum Gasteiger partial charge on any atom is 0.324 e. The maximum absolute atomic E-state index is 11.6. The first-order valence-electron chi connectivity index (χ1n) is 7.44. The Kier molecular flexibility index (Phi) is 4.81. The summed E-state index contributed by atoms with van der Waals surface area (Å²) in [7, 11) is 0. The SMILES string of the molecule is CCN1CCOC(CN2CCCC2(CC)C(=O)O)C1. The minimum Gasteiger partial charge on any atom is -0.480 e. The molecule has 2 heterocycles. The number of carbonyl (C=O) groups is 1. The number of carboxylic acid groups (broad SMARTS) is 1. The van der Waals surface area contributed by atoms with Crippen LogP contribution in [-0.2, 0) is 9.53 Å². The third kappa shape index (κ3) is 2.93. The minimum absolute atomic E-state index is 0.150. The predicted octanol–water partition coefficient (Wildman–Crippen LogP) is 1.04. The Balaban J connectivity index is 1.99. The molecule has 0 amide bonds. The molecular weight excluding hydrogens is 244 g/mol. The van der Waals surface area contributed by atoms with Crippen molar-refractivity contribution >= 4 is 5.97 Å². The van der Waals surface area contributed by atoms with Gasteiger partial charge in [-0.2, -0.15) is 0 Å². The highest BCUT2D eigenvalue weighted by atomic mass is 16.5. The predicted molar refractivity (Wildman–Crippen MR) is 73.3 cm³/mol. The molecule has 5 heteroatoms. The van der Waals surface area contributed by atoms with E-state index in [1.165, 1.54) is 0 Å². The van der Waals surface area contributed by atoms with Gasteiger partial charge in [-0.3, -0.25) is 14.6 Å². The normalized spacial score (nSPS) is 33.7. The second-order valence-corrected chi connectivity index (χ2v) is 5.63. The van der Waals surface area contributed by atoms with Gasteiger partial charge in [0.2, 0.25) is 0 Å². The van der Waals surface area contributed by atoms with Gasteiger partial charge in [-0.25, -0.2) is 0 Å². The van der Waals surface area contributed by atoms with Gasteiger partial charge >= 0.3 is 5.97 Å². The first-order valence-corrected chi connectivity index (χ1v) is 7.44. The Labute approximate surface area is 115 Å². The summed E-state index contributed by atoms with van der Waals surface area (Å²) in [6.45, 7) is 9.48. The molecule has 5 nitrogen and oxygen atoms in total. The monoisotopic (exact) mass is 270 g/mol. The lowest BCUT2D eigenvalue weighted by Crippen LogP contribution is -2.55. The molecule has 2 unspecified atom stereocenters. The molecule has 0 saturated carbocycles. The molecule has 1 N–H and O–H groups in total. The van der Waals surface area contributed by atoms with Crippen molar-refractivity contribution in [2.45, 2.75) is 44.8 Å². The lowest BCUT2D eigenvalue weighted by atomic mass is 9.92. The van der Waals surface area contributed by atoms with Crippen LogP contribution in [0.4, 0.5) is 0 Å². The molecule has 2 rings (SSSR count). The zero-order chi connectivity index (χ0) is 13.9. The number of carboxylic acids is 1. The maximum atomic E-state index is 11.6. The number of likely N-dealkylation sites (N-methyl/N-ethyl adjacent to an activating group) is 1. The van der Waals surface area contributed by atoms with Crippen LogP contribution < -0.4 is 0 Å². The minimum atomic E-state index is -0.671. The number of likely N-dealkylation sites (tertiary alicyclic amines) is 1. The van der Waals surface area contributed by atoms with Crippen LogP contribution in [0.25, 0.3) is 0 Å². The smallest absolute Gasteiger partial charge is 0.324 e. The molecule has 0 spiro atoms. The molecule has 0 aliphatic carbocycles. The Morgan fingerprint density at radius 1 is 1.42 bits per heavy atom. The topological polar surface area (TPSA) is 53.0 Å². The van der Waals surface area contributed by atoms with Crippen molar-refractivity contribution in [3.63, 3.8) is 0 Å². The van der Waals surface area contributed by atoms with E-state index in [-0.39, 0.29) is 6.10 Å². The zero-order valence-electron chi connectivity index (χ0n) is 12.1. The van der Waals surface area contributed by atoms with Crippen LogP contribution in [0.15, 0.2) is 0 Å². The first-order chi connectivity index (χ1) is 9.12. The van der Waals surface area contributed by atoms with Crippen LogP contribution >= 0.6 is 0 Å². The number of hydrogen-bond donors (Lipinski definition) is 1. The lowest BCUT2D eigenvalue weighted by Gasteiger charge is -2.39. The van der Waals surface area contributed by atoms with Gasteiger partial charge in [-0.1, -0.05) is 13.8 Å². The van der Waals surface area contributed by atoms with E-state index >= 15 is 0 Å². The molecule has 0 aromatic heterocycles. The quantitative estimate of drug-likeness (QED) is 0.809. The fourth-order valence-corrected chi connectivity index (χ4v) is 3.42. The molecule has 110 valence electrons. The van der Waals surface area contributed by atoms with Crippen molar-refractivity contribution in [2.75, 3.05) is 39.3 Å². The molecule has 19 heavy (non-hydrogen) atoms. The summed E-state index contributed by atoms with van der Waals surface area (Å²) in [5.41, 5.74) is -0.655. The number of nitrogens with zero attached hydrogens (tertiary/aromatic N) is 2. The molecule has 2 saturated heterocycles. The molecule has 2 aliphatic rings. The van der Waals surface area contributed by atoms with Gasteiger partial charge in [-0.05, 0) is 32.4 Å². The van der Waals surface area contributed by atoms with Crippen LogP contribution in [0.3, 0.4) is 0 Å². The van der Waals surface area contributed by atoms with Gasteiger partial charge in [0.1, 0.15) is 5.54 Å². The van der Waals surface area contributed by atoms with E-state index < -0.39 is 11.5 Å². The molecule has 2 fully saturated rings. The standard InChI is InChI=1S/C14H26N2O3/c1-3-14(13(17)18)6-5-7-16(14)11-12-10-15(4-2)8-9-19-12/h12H,3-11H2,1-2H3,(H,17,18). The third-order valence-electron chi connectivity index (χ3n) is 4.70. The van der Waals surface area contributed by atoms with Crippen molar-refractivity contribution < 1.29 is 14.6 Å². The van der Waals surface area contributed by atoms with E-state index in [0.717, 1.165) is 52.2 Å². The molecule has 0 aromatic rings. The van der Waals surface area contributed by atoms with E-state index in [1.54, 1.807) is 0 Å². The first kappa shape index (κ1) is 14.8. The Bertz CT molecular complexity index is 324. The molecule has 0 radical (unpaired) electrons. The van der Waals surface area contributed by atoms with Gasteiger partial charge in [-0.15, -0.1) is 0 Å². The van der Waals surface area contributed by atoms with E-state index in [0.29, 0.717) is 6.42 Å². The lowest BCUT2D eigenvalue weighted by molar-refractivity contribution is -0.151. The summed E-state index contributed by atoms with van der Waals surface area (Å²) in [6, 6.07) is 0. The summed E-state index contributed by atoms with van der Waals surface area (Å²) < 4.78 is 5.81. The fraction of sp³-hybridized carbons (Fsp3) is 0.929. The van der Waals surface area contributed by atoms with Crippen LogP contribution in [0.1, 0.15) is 33.1 Å². The Morgan fingerprint density at radius 2 is 2.21 bits per heavy atom. The summed E-state index contributed by atoms with van der Waals surface area (Å²) in [5, 5.41) is 9.57. The van der Waals surface area contributed by atoms with E-state index in [2.05, 4.69) is 16.7 Å². The largest absolute Gasteiger partial charge is 0.480 e. The second kappa shape index (κ2) is 6.20. The fourth-order valence-electron chi connectivity index (χ4n) is 3.42.